The van der Waals surface area contributed by atoms with E-state index in [1.165, 1.54) is 0 Å². The number of hydrogen-bond acceptors (Lipinski definition) is 1. The van der Waals surface area contributed by atoms with Crippen molar-refractivity contribution in [1.82, 2.24) is 5.32 Å². The molecule has 66 valence electrons. The average Bonchev–Trinajstić information content (AvgIpc) is 2.17. The molecule has 4 nitrogen and oxygen atoms in total. The Morgan fingerprint density at radius 1 is 1.46 bits per heavy atom. The number of hydrogen-bond donors (Lipinski definition) is 3. The summed E-state index contributed by atoms with van der Waals surface area (Å²) in [6.45, 7) is 0.612. The predicted octanol–water partition coefficient (Wildman–Crippen LogP) is -1.35. The number of nitrogens with two attached hydrogens (primary N) is 1. The van der Waals surface area contributed by atoms with Gasteiger partial charge in [-0.05, 0) is 5.56 Å². The van der Waals surface area contributed by atoms with Gasteiger partial charge in [-0.1, -0.05) is 30.3 Å². The molecule has 0 spiro atoms. The van der Waals surface area contributed by atoms with Crippen LogP contribution in [0.2, 0.25) is 0 Å². The second-order valence-corrected chi connectivity index (χ2v) is 2.49. The topological polar surface area (TPSA) is 75.8 Å². The minimum atomic E-state index is 0.270. The van der Waals surface area contributed by atoms with Crippen LogP contribution in [-0.2, 0) is 6.54 Å². The Hall–Kier alpha value is -2.02. The molecule has 1 aromatic rings. The van der Waals surface area contributed by atoms with Gasteiger partial charge in [0, 0.05) is 0 Å². The Balaban J connectivity index is 2.53. The van der Waals surface area contributed by atoms with E-state index in [0.717, 1.165) is 5.56 Å². The van der Waals surface area contributed by atoms with E-state index in [9.17, 15) is 0 Å². The van der Waals surface area contributed by atoms with Gasteiger partial charge in [-0.2, -0.15) is 10.6 Å². The van der Waals surface area contributed by atoms with Crippen LogP contribution >= 0.6 is 0 Å². The van der Waals surface area contributed by atoms with Crippen LogP contribution < -0.4 is 16.0 Å². The predicted molar refractivity (Wildman–Crippen MR) is 49.1 cm³/mol. The van der Waals surface area contributed by atoms with E-state index < -0.39 is 0 Å². The van der Waals surface area contributed by atoms with Crippen LogP contribution in [0.3, 0.4) is 0 Å². The second kappa shape index (κ2) is 4.78. The first-order chi connectivity index (χ1) is 6.33. The number of nitrogens with one attached hydrogen (secondary N) is 2. The average molecular weight is 175 g/mol. The van der Waals surface area contributed by atoms with Gasteiger partial charge in [-0.15, -0.1) is 0 Å². The molecule has 0 aliphatic heterocycles. The lowest BCUT2D eigenvalue weighted by molar-refractivity contribution is -0.478. The first-order valence-electron chi connectivity index (χ1n) is 3.88. The Labute approximate surface area is 76.7 Å². The summed E-state index contributed by atoms with van der Waals surface area (Å²) in [6, 6.07) is 9.80. The molecule has 0 aliphatic rings. The van der Waals surface area contributed by atoms with Crippen molar-refractivity contribution in [2.24, 2.45) is 5.73 Å². The minimum Gasteiger partial charge on any atom is -0.290 e. The molecule has 0 radical (unpaired) electrons. The van der Waals surface area contributed by atoms with Crippen molar-refractivity contribution < 1.29 is 4.99 Å². The van der Waals surface area contributed by atoms with E-state index >= 15 is 0 Å². The zero-order valence-electron chi connectivity index (χ0n) is 7.12. The third-order valence-electron chi connectivity index (χ3n) is 1.52. The smallest absolute Gasteiger partial charge is 0.290 e. The van der Waals surface area contributed by atoms with Crippen molar-refractivity contribution in [3.8, 4) is 6.19 Å². The summed E-state index contributed by atoms with van der Waals surface area (Å²) in [4.78, 5) is 2.86. The van der Waals surface area contributed by atoms with Gasteiger partial charge in [0.2, 0.25) is 0 Å². The summed E-state index contributed by atoms with van der Waals surface area (Å²) in [5.74, 6) is 0.270. The Morgan fingerprint density at radius 2 is 2.15 bits per heavy atom. The third kappa shape index (κ3) is 3.25. The van der Waals surface area contributed by atoms with Crippen molar-refractivity contribution in [2.45, 2.75) is 6.54 Å². The maximum Gasteiger partial charge on any atom is 0.355 e. The maximum atomic E-state index is 8.23. The van der Waals surface area contributed by atoms with E-state index in [-0.39, 0.29) is 5.96 Å². The fraction of sp³-hybridized carbons (Fsp3) is 0.111. The lowest BCUT2D eigenvalue weighted by Crippen LogP contribution is -2.76. The van der Waals surface area contributed by atoms with Gasteiger partial charge in [0.05, 0.1) is 6.54 Å². The highest BCUT2D eigenvalue weighted by atomic mass is 15.1. The van der Waals surface area contributed by atoms with Crippen molar-refractivity contribution in [3.05, 3.63) is 35.9 Å². The van der Waals surface area contributed by atoms with Gasteiger partial charge < -0.3 is 0 Å². The van der Waals surface area contributed by atoms with E-state index in [2.05, 4.69) is 10.3 Å². The summed E-state index contributed by atoms with van der Waals surface area (Å²) in [5.41, 5.74) is 6.52. The highest BCUT2D eigenvalue weighted by molar-refractivity contribution is 5.73. The van der Waals surface area contributed by atoms with Crippen molar-refractivity contribution in [3.63, 3.8) is 0 Å². The van der Waals surface area contributed by atoms with E-state index in [1.54, 1.807) is 6.19 Å². The van der Waals surface area contributed by atoms with Crippen LogP contribution in [0.5, 0.6) is 0 Å². The molecular formula is C9H11N4+. The molecule has 0 fully saturated rings. The Morgan fingerprint density at radius 3 is 2.77 bits per heavy atom. The van der Waals surface area contributed by atoms with E-state index in [4.69, 9.17) is 11.0 Å². The molecule has 1 aromatic carbocycles. The van der Waals surface area contributed by atoms with Gasteiger partial charge in [0.25, 0.3) is 6.19 Å². The number of guanidine groups is 1. The Kier molecular flexibility index (Phi) is 3.33. The molecule has 0 saturated heterocycles. The normalized spacial score (nSPS) is 10.5. The van der Waals surface area contributed by atoms with Crippen LogP contribution in [0.1, 0.15) is 5.56 Å². The lowest BCUT2D eigenvalue weighted by Gasteiger charge is -1.93. The van der Waals surface area contributed by atoms with Crippen LogP contribution in [0.25, 0.3) is 0 Å². The standard InChI is InChI=1S/C9H10N4/c10-7-13-9(11)12-6-8-4-2-1-3-5-8/h1-5H,6H2,(H3,11,12,13)/p+1. The first-order valence-corrected chi connectivity index (χ1v) is 3.88. The van der Waals surface area contributed by atoms with Gasteiger partial charge >= 0.3 is 5.96 Å². The summed E-state index contributed by atoms with van der Waals surface area (Å²) in [5, 5.41) is 10.5. The lowest BCUT2D eigenvalue weighted by atomic mass is 10.2. The summed E-state index contributed by atoms with van der Waals surface area (Å²) >= 11 is 0. The summed E-state index contributed by atoms with van der Waals surface area (Å²) < 4.78 is 0. The molecule has 0 aromatic heterocycles. The fourth-order valence-corrected chi connectivity index (χ4v) is 0.898. The molecule has 4 N–H and O–H groups in total. The van der Waals surface area contributed by atoms with Crippen LogP contribution in [0, 0.1) is 11.5 Å². The second-order valence-electron chi connectivity index (χ2n) is 2.49. The van der Waals surface area contributed by atoms with Gasteiger partial charge in [0.15, 0.2) is 0 Å². The van der Waals surface area contributed by atoms with Gasteiger partial charge in [-0.3, -0.25) is 10.7 Å². The minimum absolute atomic E-state index is 0.270. The Bertz CT molecular complexity index is 323. The number of nitrogens with zero attached hydrogens (tertiary/aromatic N) is 1. The maximum absolute atomic E-state index is 8.23. The third-order valence-corrected chi connectivity index (χ3v) is 1.52. The zero-order chi connectivity index (χ0) is 9.52. The number of benzene rings is 1. The van der Waals surface area contributed by atoms with Gasteiger partial charge in [0.1, 0.15) is 0 Å². The van der Waals surface area contributed by atoms with Crippen molar-refractivity contribution in [2.75, 3.05) is 0 Å². The van der Waals surface area contributed by atoms with Gasteiger partial charge in [-0.25, -0.2) is 0 Å². The molecular weight excluding hydrogens is 164 g/mol. The van der Waals surface area contributed by atoms with Crippen LogP contribution in [0.15, 0.2) is 30.3 Å². The first kappa shape index (κ1) is 9.07. The largest absolute Gasteiger partial charge is 0.355 e. The monoisotopic (exact) mass is 175 g/mol. The van der Waals surface area contributed by atoms with Crippen LogP contribution in [0.4, 0.5) is 0 Å². The molecule has 0 bridgehead atoms. The molecule has 0 heterocycles. The number of nitriles is 1. The summed E-state index contributed by atoms with van der Waals surface area (Å²) in [6.07, 6.45) is 1.73. The zero-order valence-corrected chi connectivity index (χ0v) is 7.12. The SMILES string of the molecule is N#CNC(N)=[NH+]Cc1ccccc1. The fourth-order valence-electron chi connectivity index (χ4n) is 0.898. The molecule has 1 rings (SSSR count). The molecule has 13 heavy (non-hydrogen) atoms. The van der Waals surface area contributed by atoms with Crippen LogP contribution in [-0.4, -0.2) is 5.96 Å². The molecule has 0 unspecified atom stereocenters. The summed E-state index contributed by atoms with van der Waals surface area (Å²) in [7, 11) is 0. The molecule has 0 saturated carbocycles. The van der Waals surface area contributed by atoms with E-state index in [0.29, 0.717) is 6.54 Å². The molecule has 0 aliphatic carbocycles. The highest BCUT2D eigenvalue weighted by Crippen LogP contribution is 1.93. The molecule has 0 atom stereocenters. The quantitative estimate of drug-likeness (QED) is 0.225. The molecule has 0 amide bonds. The van der Waals surface area contributed by atoms with E-state index in [1.807, 2.05) is 30.3 Å². The van der Waals surface area contributed by atoms with Crippen molar-refractivity contribution in [1.29, 1.82) is 5.26 Å². The number of rotatable bonds is 2. The molecule has 4 heteroatoms. The highest BCUT2D eigenvalue weighted by Gasteiger charge is 1.95. The van der Waals surface area contributed by atoms with Crippen molar-refractivity contribution >= 4 is 5.96 Å².